The topological polar surface area (TPSA) is 78.0 Å². The normalized spacial score (nSPS) is 15.8. The van der Waals surface area contributed by atoms with Crippen LogP contribution in [0.2, 0.25) is 5.04 Å². The molecule has 0 aliphatic carbocycles. The number of rotatable bonds is 14. The average molecular weight is 750 g/mol. The van der Waals surface area contributed by atoms with Gasteiger partial charge in [0.15, 0.2) is 0 Å². The Morgan fingerprint density at radius 3 is 2.26 bits per heavy atom. The maximum atomic E-state index is 14.1. The lowest BCUT2D eigenvalue weighted by Gasteiger charge is -2.43. The minimum absolute atomic E-state index is 0.0831. The van der Waals surface area contributed by atoms with Gasteiger partial charge in [0.25, 0.3) is 8.32 Å². The van der Waals surface area contributed by atoms with E-state index in [4.69, 9.17) is 14.1 Å². The van der Waals surface area contributed by atoms with Crippen LogP contribution < -0.4 is 10.4 Å². The molecule has 0 bridgehead atoms. The van der Waals surface area contributed by atoms with Crippen molar-refractivity contribution in [3.05, 3.63) is 113 Å². The molecule has 53 heavy (non-hydrogen) atoms. The first kappa shape index (κ1) is 40.4. The average Bonchev–Trinajstić information content (AvgIpc) is 3.53. The molecule has 0 N–H and O–H groups in total. The number of nitrogens with zero attached hydrogens (tertiary/aromatic N) is 3. The molecule has 3 aromatic carbocycles. The van der Waals surface area contributed by atoms with Crippen molar-refractivity contribution in [1.82, 2.24) is 14.2 Å². The van der Waals surface area contributed by atoms with E-state index < -0.39 is 25.6 Å². The third-order valence-electron chi connectivity index (χ3n) is 10.0. The lowest BCUT2D eigenvalue weighted by atomic mass is 9.95. The number of benzene rings is 3. The summed E-state index contributed by atoms with van der Waals surface area (Å²) >= 11 is -1.25. The molecule has 0 spiro atoms. The van der Waals surface area contributed by atoms with E-state index in [0.29, 0.717) is 31.0 Å². The zero-order valence-electron chi connectivity index (χ0n) is 32.6. The van der Waals surface area contributed by atoms with Crippen LogP contribution in [0.1, 0.15) is 94.0 Å². The molecule has 0 amide bonds. The molecule has 4 aromatic rings. The molecule has 3 atom stereocenters. The predicted molar refractivity (Wildman–Crippen MR) is 220 cm³/mol. The van der Waals surface area contributed by atoms with Gasteiger partial charge in [-0.15, -0.1) is 4.31 Å². The van der Waals surface area contributed by atoms with Crippen molar-refractivity contribution in [3.63, 3.8) is 0 Å². The fourth-order valence-electron chi connectivity index (χ4n) is 7.10. The Kier molecular flexibility index (Phi) is 13.8. The zero-order valence-corrected chi connectivity index (χ0v) is 34.5. The van der Waals surface area contributed by atoms with E-state index in [0.717, 1.165) is 35.1 Å². The molecule has 280 valence electrons. The van der Waals surface area contributed by atoms with E-state index in [1.54, 1.807) is 6.92 Å². The minimum atomic E-state index is -2.82. The summed E-state index contributed by atoms with van der Waals surface area (Å²) in [5.41, 5.74) is 4.59. The van der Waals surface area contributed by atoms with E-state index in [1.165, 1.54) is 10.4 Å². The van der Waals surface area contributed by atoms with Gasteiger partial charge in [0.1, 0.15) is 11.4 Å². The largest absolute Gasteiger partial charge is 0.598 e. The molecule has 0 fully saturated rings. The van der Waals surface area contributed by atoms with Gasteiger partial charge in [-0.3, -0.25) is 4.90 Å². The third kappa shape index (κ3) is 9.14. The standard InChI is InChI=1S/C44H55N3O4SSi/c1-9-11-29-52(49)47-32-36-31-39(43(48)50-10-2)45-42(35-20-18-19-34(30-35)26-25-33(3)46(7)8)41(36)40(47)27-28-51-53(44(4,5)6,37-21-14-12-15-22-37)38-23-16-13-17-24-38/h12-24,30-31,33,40H,9-11,27-29,32H2,1-8H3/t33-,40-,52-/m1/s1. The third-order valence-corrected chi connectivity index (χ3v) is 16.6. The molecule has 0 radical (unpaired) electrons. The number of aromatic nitrogens is 1. The van der Waals surface area contributed by atoms with Crippen LogP contribution in [-0.4, -0.2) is 72.1 Å². The number of pyridine rings is 1. The molecular weight excluding hydrogens is 695 g/mol. The molecule has 0 saturated carbocycles. The number of esters is 1. The van der Waals surface area contributed by atoms with E-state index in [1.807, 2.05) is 44.4 Å². The number of ether oxygens (including phenoxy) is 1. The van der Waals surface area contributed by atoms with Crippen molar-refractivity contribution >= 4 is 36.0 Å². The summed E-state index contributed by atoms with van der Waals surface area (Å²) in [6.07, 6.45) is 2.41. The van der Waals surface area contributed by atoms with Crippen molar-refractivity contribution < 1.29 is 18.5 Å². The van der Waals surface area contributed by atoms with Gasteiger partial charge in [0.2, 0.25) is 0 Å². The lowest BCUT2D eigenvalue weighted by Crippen LogP contribution is -2.66. The smallest absolute Gasteiger partial charge is 0.356 e. The first-order valence-electron chi connectivity index (χ1n) is 18.8. The summed E-state index contributed by atoms with van der Waals surface area (Å²) in [6.45, 7) is 14.0. The molecule has 2 heterocycles. The van der Waals surface area contributed by atoms with Gasteiger partial charge in [0, 0.05) is 34.7 Å². The van der Waals surface area contributed by atoms with Gasteiger partial charge >= 0.3 is 5.97 Å². The van der Waals surface area contributed by atoms with Gasteiger partial charge in [-0.2, -0.15) is 0 Å². The molecule has 7 nitrogen and oxygen atoms in total. The van der Waals surface area contributed by atoms with Gasteiger partial charge in [-0.25, -0.2) is 9.78 Å². The van der Waals surface area contributed by atoms with Crippen molar-refractivity contribution in [2.45, 2.75) is 84.5 Å². The van der Waals surface area contributed by atoms with Crippen LogP contribution in [0.25, 0.3) is 11.3 Å². The maximum absolute atomic E-state index is 14.1. The van der Waals surface area contributed by atoms with Gasteiger partial charge in [0.05, 0.1) is 30.9 Å². The van der Waals surface area contributed by atoms with Crippen LogP contribution in [0.5, 0.6) is 0 Å². The van der Waals surface area contributed by atoms with Gasteiger partial charge in [-0.1, -0.05) is 119 Å². The number of unbranched alkanes of at least 4 members (excludes halogenated alkanes) is 1. The highest BCUT2D eigenvalue weighted by molar-refractivity contribution is 7.89. The second-order valence-corrected chi connectivity index (χ2v) is 20.7. The van der Waals surface area contributed by atoms with Gasteiger partial charge < -0.3 is 13.7 Å². The summed E-state index contributed by atoms with van der Waals surface area (Å²) in [7, 11) is 1.21. The van der Waals surface area contributed by atoms with E-state index >= 15 is 0 Å². The molecule has 1 aliphatic rings. The lowest BCUT2D eigenvalue weighted by molar-refractivity contribution is 0.0519. The Morgan fingerprint density at radius 1 is 1.02 bits per heavy atom. The molecular formula is C44H55N3O4SSi. The summed E-state index contributed by atoms with van der Waals surface area (Å²) < 4.78 is 29.1. The van der Waals surface area contributed by atoms with Crippen LogP contribution >= 0.6 is 0 Å². The number of carbonyl (C=O) groups is 1. The summed E-state index contributed by atoms with van der Waals surface area (Å²) in [4.78, 5) is 20.3. The SMILES string of the molecule is CCCC[S@@+]([O-])N1Cc2cc(C(=O)OCC)nc(-c3cccc(C#C[C@@H](C)N(C)C)c3)c2[C@H]1CCO[Si](c1ccccc1)(c1ccccc1)C(C)(C)C. The first-order valence-corrected chi connectivity index (χ1v) is 22.0. The fourth-order valence-corrected chi connectivity index (χ4v) is 13.2. The van der Waals surface area contributed by atoms with Crippen LogP contribution in [0.4, 0.5) is 0 Å². The second kappa shape index (κ2) is 18.0. The highest BCUT2D eigenvalue weighted by atomic mass is 32.2. The number of fused-ring (bicyclic) bond motifs is 1. The Hall–Kier alpha value is -3.75. The minimum Gasteiger partial charge on any atom is -0.598 e. The molecule has 0 saturated heterocycles. The van der Waals surface area contributed by atoms with Crippen LogP contribution in [-0.2, 0) is 27.1 Å². The van der Waals surface area contributed by atoms with E-state index in [-0.39, 0.29) is 29.4 Å². The Balaban J connectivity index is 1.62. The fraction of sp³-hybridized carbons (Fsp3) is 0.409. The molecule has 5 rings (SSSR count). The van der Waals surface area contributed by atoms with Crippen LogP contribution in [0, 0.1) is 11.8 Å². The van der Waals surface area contributed by atoms with Crippen LogP contribution in [0.15, 0.2) is 91.0 Å². The second-order valence-electron chi connectivity index (χ2n) is 14.9. The van der Waals surface area contributed by atoms with Crippen LogP contribution in [0.3, 0.4) is 0 Å². The Morgan fingerprint density at radius 2 is 1.68 bits per heavy atom. The summed E-state index contributed by atoms with van der Waals surface area (Å²) in [6, 6.07) is 31.0. The highest BCUT2D eigenvalue weighted by Crippen LogP contribution is 2.44. The van der Waals surface area contributed by atoms with Crippen molar-refractivity contribution in [3.8, 4) is 23.1 Å². The van der Waals surface area contributed by atoms with Crippen molar-refractivity contribution in [2.75, 3.05) is 33.1 Å². The molecule has 1 aromatic heterocycles. The number of hydrogen-bond donors (Lipinski definition) is 0. The summed E-state index contributed by atoms with van der Waals surface area (Å²) in [5.74, 6) is 6.76. The molecule has 0 unspecified atom stereocenters. The van der Waals surface area contributed by atoms with Gasteiger partial charge in [-0.05, 0) is 80.0 Å². The molecule has 9 heteroatoms. The molecule has 1 aliphatic heterocycles. The zero-order chi connectivity index (χ0) is 38.2. The monoisotopic (exact) mass is 749 g/mol. The Bertz CT molecular complexity index is 1850. The summed E-state index contributed by atoms with van der Waals surface area (Å²) in [5, 5.41) is 2.26. The maximum Gasteiger partial charge on any atom is 0.356 e. The number of hydrogen-bond acceptors (Lipinski definition) is 7. The van der Waals surface area contributed by atoms with Crippen molar-refractivity contribution in [1.29, 1.82) is 0 Å². The Labute approximate surface area is 321 Å². The highest BCUT2D eigenvalue weighted by Gasteiger charge is 2.50. The predicted octanol–water partition coefficient (Wildman–Crippen LogP) is 7.51. The van der Waals surface area contributed by atoms with E-state index in [9.17, 15) is 9.35 Å². The number of carbonyl (C=O) groups excluding carboxylic acids is 1. The first-order chi connectivity index (χ1) is 25.4. The van der Waals surface area contributed by atoms with E-state index in [2.05, 4.69) is 116 Å². The van der Waals surface area contributed by atoms with Crippen molar-refractivity contribution in [2.24, 2.45) is 0 Å². The quantitative estimate of drug-likeness (QED) is 0.0572.